The van der Waals surface area contributed by atoms with Gasteiger partial charge in [0.1, 0.15) is 0 Å². The topological polar surface area (TPSA) is 67.9 Å². The van der Waals surface area contributed by atoms with Crippen LogP contribution in [0.4, 0.5) is 4.79 Å². The van der Waals surface area contributed by atoms with E-state index in [4.69, 9.17) is 9.47 Å². The van der Waals surface area contributed by atoms with Crippen LogP contribution in [0.25, 0.3) is 0 Å². The Morgan fingerprint density at radius 1 is 1.35 bits per heavy atom. The summed E-state index contributed by atoms with van der Waals surface area (Å²) >= 11 is 0. The van der Waals surface area contributed by atoms with Crippen LogP contribution in [0.5, 0.6) is 0 Å². The molecule has 1 fully saturated rings. The molecule has 98 valence electrons. The van der Waals surface area contributed by atoms with Gasteiger partial charge in [0.15, 0.2) is 11.8 Å². The van der Waals surface area contributed by atoms with E-state index in [0.717, 1.165) is 17.7 Å². The molecule has 0 bridgehead atoms. The lowest BCUT2D eigenvalue weighted by atomic mass is 9.91. The minimum atomic E-state index is -1.09. The third kappa shape index (κ3) is 2.28. The fourth-order valence-corrected chi connectivity index (χ4v) is 2.12. The van der Waals surface area contributed by atoms with Gasteiger partial charge in [0, 0.05) is 21.3 Å². The van der Waals surface area contributed by atoms with E-state index < -0.39 is 17.9 Å². The molecule has 6 heteroatoms. The maximum Gasteiger partial charge on any atom is 0.324 e. The van der Waals surface area contributed by atoms with E-state index in [1.165, 1.54) is 21.3 Å². The van der Waals surface area contributed by atoms with Gasteiger partial charge in [-0.3, -0.25) is 9.69 Å². The van der Waals surface area contributed by atoms with Crippen molar-refractivity contribution < 1.29 is 19.1 Å². The molecule has 17 heavy (non-hydrogen) atoms. The molecule has 1 aliphatic rings. The number of urea groups is 1. The molecule has 1 saturated heterocycles. The number of imide groups is 1. The third-order valence-electron chi connectivity index (χ3n) is 3.08. The largest absolute Gasteiger partial charge is 0.353 e. The highest BCUT2D eigenvalue weighted by atomic mass is 16.7. The lowest BCUT2D eigenvalue weighted by Crippen LogP contribution is -2.57. The zero-order chi connectivity index (χ0) is 13.1. The second-order valence-corrected chi connectivity index (χ2v) is 4.17. The fourth-order valence-electron chi connectivity index (χ4n) is 2.12. The Bertz CT molecular complexity index is 304. The minimum Gasteiger partial charge on any atom is -0.353 e. The van der Waals surface area contributed by atoms with Crippen LogP contribution in [0.2, 0.25) is 0 Å². The number of methoxy groups -OCH3 is 2. The molecule has 6 nitrogen and oxygen atoms in total. The first-order valence-electron chi connectivity index (χ1n) is 5.69. The van der Waals surface area contributed by atoms with Crippen LogP contribution in [0.3, 0.4) is 0 Å². The van der Waals surface area contributed by atoms with Crippen molar-refractivity contribution in [1.82, 2.24) is 10.2 Å². The number of nitrogens with zero attached hydrogens (tertiary/aromatic N) is 1. The summed E-state index contributed by atoms with van der Waals surface area (Å²) in [7, 11) is 4.37. The molecule has 0 aromatic rings. The molecule has 0 aliphatic carbocycles. The van der Waals surface area contributed by atoms with Crippen molar-refractivity contribution >= 4 is 11.9 Å². The molecule has 1 aliphatic heterocycles. The van der Waals surface area contributed by atoms with Crippen molar-refractivity contribution in [2.45, 2.75) is 38.0 Å². The molecule has 0 radical (unpaired) electrons. The van der Waals surface area contributed by atoms with Gasteiger partial charge in [-0.2, -0.15) is 0 Å². The van der Waals surface area contributed by atoms with Crippen LogP contribution in [0.15, 0.2) is 0 Å². The summed E-state index contributed by atoms with van der Waals surface area (Å²) in [5, 5.41) is 2.69. The summed E-state index contributed by atoms with van der Waals surface area (Å²) in [6.45, 7) is 2.02. The van der Waals surface area contributed by atoms with E-state index >= 15 is 0 Å². The van der Waals surface area contributed by atoms with E-state index in [0.29, 0.717) is 6.42 Å². The minimum absolute atomic E-state index is 0.301. The lowest BCUT2D eigenvalue weighted by Gasteiger charge is -2.32. The van der Waals surface area contributed by atoms with Gasteiger partial charge in [0.2, 0.25) is 0 Å². The van der Waals surface area contributed by atoms with E-state index in [9.17, 15) is 9.59 Å². The number of carbonyl (C=O) groups excluding carboxylic acids is 2. The number of rotatable bonds is 6. The van der Waals surface area contributed by atoms with Crippen molar-refractivity contribution in [2.75, 3.05) is 21.3 Å². The van der Waals surface area contributed by atoms with Gasteiger partial charge in [-0.25, -0.2) is 4.79 Å². The quantitative estimate of drug-likeness (QED) is 0.552. The van der Waals surface area contributed by atoms with E-state index in [1.807, 2.05) is 6.92 Å². The van der Waals surface area contributed by atoms with Gasteiger partial charge >= 0.3 is 6.03 Å². The van der Waals surface area contributed by atoms with Gasteiger partial charge in [0.05, 0.1) is 0 Å². The first kappa shape index (κ1) is 13.9. The van der Waals surface area contributed by atoms with Crippen molar-refractivity contribution in [1.29, 1.82) is 0 Å². The van der Waals surface area contributed by atoms with Crippen LogP contribution < -0.4 is 5.32 Å². The average Bonchev–Trinajstić information content (AvgIpc) is 2.54. The molecule has 1 rings (SSSR count). The van der Waals surface area contributed by atoms with Gasteiger partial charge in [-0.15, -0.1) is 0 Å². The van der Waals surface area contributed by atoms with E-state index in [1.54, 1.807) is 0 Å². The lowest BCUT2D eigenvalue weighted by molar-refractivity contribution is -0.169. The van der Waals surface area contributed by atoms with Crippen LogP contribution in [-0.4, -0.2) is 49.9 Å². The summed E-state index contributed by atoms with van der Waals surface area (Å²) in [5.74, 6) is -0.301. The highest BCUT2D eigenvalue weighted by Gasteiger charge is 2.55. The van der Waals surface area contributed by atoms with Crippen molar-refractivity contribution in [3.8, 4) is 0 Å². The summed E-state index contributed by atoms with van der Waals surface area (Å²) in [5.41, 5.74) is -1.09. The normalized spacial score (nSPS) is 24.6. The summed E-state index contributed by atoms with van der Waals surface area (Å²) in [6, 6.07) is -0.412. The molecule has 1 N–H and O–H groups in total. The molecule has 0 aromatic heterocycles. The molecule has 1 unspecified atom stereocenters. The van der Waals surface area contributed by atoms with E-state index in [2.05, 4.69) is 5.32 Å². The summed E-state index contributed by atoms with van der Waals surface area (Å²) in [4.78, 5) is 24.8. The molecule has 1 heterocycles. The summed E-state index contributed by atoms with van der Waals surface area (Å²) in [6.07, 6.45) is 1.47. The first-order chi connectivity index (χ1) is 8.03. The number of amides is 3. The second-order valence-electron chi connectivity index (χ2n) is 4.17. The Balaban J connectivity index is 3.02. The van der Waals surface area contributed by atoms with E-state index in [-0.39, 0.29) is 5.91 Å². The van der Waals surface area contributed by atoms with Crippen LogP contribution >= 0.6 is 0 Å². The highest BCUT2D eigenvalue weighted by molar-refractivity contribution is 6.07. The maximum atomic E-state index is 12.2. The number of hydrogen-bond donors (Lipinski definition) is 1. The van der Waals surface area contributed by atoms with Gasteiger partial charge in [-0.05, 0) is 6.42 Å². The molecule has 0 saturated carbocycles. The molecular formula is C11H20N2O4. The number of hydrogen-bond acceptors (Lipinski definition) is 4. The Morgan fingerprint density at radius 2 is 1.94 bits per heavy atom. The SMILES string of the molecule is CCCCC1(C(OC)OC)NC(=O)N(C)C1=O. The molecular weight excluding hydrogens is 224 g/mol. The van der Waals surface area contributed by atoms with Gasteiger partial charge in [-0.1, -0.05) is 19.8 Å². The van der Waals surface area contributed by atoms with Crippen molar-refractivity contribution in [3.05, 3.63) is 0 Å². The standard InChI is InChI=1S/C11H20N2O4/c1-5-6-7-11(9(16-3)17-4)8(14)13(2)10(15)12-11/h9H,5-7H2,1-4H3,(H,12,15). The van der Waals surface area contributed by atoms with Gasteiger partial charge in [0.25, 0.3) is 5.91 Å². The number of nitrogens with one attached hydrogen (secondary N) is 1. The molecule has 3 amide bonds. The third-order valence-corrected chi connectivity index (χ3v) is 3.08. The predicted octanol–water partition coefficient (Wildman–Crippen LogP) is 0.716. The molecule has 0 spiro atoms. The first-order valence-corrected chi connectivity index (χ1v) is 5.69. The highest BCUT2D eigenvalue weighted by Crippen LogP contribution is 2.28. The van der Waals surface area contributed by atoms with Crippen molar-refractivity contribution in [3.63, 3.8) is 0 Å². The smallest absolute Gasteiger partial charge is 0.324 e. The molecule has 0 aromatic carbocycles. The number of carbonyl (C=O) groups is 2. The Hall–Kier alpha value is -1.14. The second kappa shape index (κ2) is 5.46. The predicted molar refractivity (Wildman–Crippen MR) is 61.4 cm³/mol. The number of ether oxygens (including phenoxy) is 2. The number of likely N-dealkylation sites (N-methyl/N-ethyl adjacent to an activating group) is 1. The Labute approximate surface area is 101 Å². The van der Waals surface area contributed by atoms with Crippen LogP contribution in [0, 0.1) is 0 Å². The van der Waals surface area contributed by atoms with Crippen molar-refractivity contribution in [2.24, 2.45) is 0 Å². The monoisotopic (exact) mass is 244 g/mol. The zero-order valence-electron chi connectivity index (χ0n) is 10.8. The number of unbranched alkanes of at least 4 members (excludes halogenated alkanes) is 1. The fraction of sp³-hybridized carbons (Fsp3) is 0.818. The summed E-state index contributed by atoms with van der Waals surface area (Å²) < 4.78 is 10.3. The van der Waals surface area contributed by atoms with Crippen LogP contribution in [-0.2, 0) is 14.3 Å². The maximum absolute atomic E-state index is 12.2. The Kier molecular flexibility index (Phi) is 4.47. The van der Waals surface area contributed by atoms with Gasteiger partial charge < -0.3 is 14.8 Å². The zero-order valence-corrected chi connectivity index (χ0v) is 10.8. The average molecular weight is 244 g/mol. The molecule has 1 atom stereocenters. The Morgan fingerprint density at radius 3 is 2.29 bits per heavy atom. The van der Waals surface area contributed by atoms with Crippen LogP contribution in [0.1, 0.15) is 26.2 Å².